The molecule has 1 fully saturated rings. The topological polar surface area (TPSA) is 32.7 Å². The van der Waals surface area contributed by atoms with E-state index < -0.39 is 0 Å². The number of rotatable bonds is 4. The van der Waals surface area contributed by atoms with Gasteiger partial charge in [0.1, 0.15) is 0 Å². The Morgan fingerprint density at radius 2 is 2.11 bits per heavy atom. The first-order chi connectivity index (χ1) is 8.74. The zero-order valence-electron chi connectivity index (χ0n) is 10.7. The lowest BCUT2D eigenvalue weighted by atomic mass is 9.97. The van der Waals surface area contributed by atoms with Crippen LogP contribution >= 0.6 is 0 Å². The molecule has 0 unspecified atom stereocenters. The van der Waals surface area contributed by atoms with Gasteiger partial charge in [0, 0.05) is 18.7 Å². The van der Waals surface area contributed by atoms with E-state index >= 15 is 0 Å². The second kappa shape index (κ2) is 6.16. The summed E-state index contributed by atoms with van der Waals surface area (Å²) < 4.78 is 19.0. The van der Waals surface area contributed by atoms with Gasteiger partial charge in [-0.15, -0.1) is 0 Å². The number of hydrogen-bond donors (Lipinski definition) is 1. The zero-order chi connectivity index (χ0) is 13.0. The van der Waals surface area contributed by atoms with E-state index in [0.29, 0.717) is 23.8 Å². The molecule has 100 valence electrons. The van der Waals surface area contributed by atoms with Gasteiger partial charge in [0.05, 0.1) is 7.11 Å². The highest BCUT2D eigenvalue weighted by Crippen LogP contribution is 2.23. The molecule has 18 heavy (non-hydrogen) atoms. The van der Waals surface area contributed by atoms with Gasteiger partial charge in [0.15, 0.2) is 11.6 Å². The van der Waals surface area contributed by atoms with Crippen molar-refractivity contribution in [3.8, 4) is 5.75 Å². The molecule has 0 aliphatic carbocycles. The molecule has 4 heteroatoms. The number of aliphatic hydroxyl groups is 1. The molecule has 0 amide bonds. The Bertz CT molecular complexity index is 389. The van der Waals surface area contributed by atoms with Crippen LogP contribution in [0.5, 0.6) is 5.75 Å². The summed E-state index contributed by atoms with van der Waals surface area (Å²) in [5.74, 6) is 0.457. The molecule has 0 saturated carbocycles. The van der Waals surface area contributed by atoms with Gasteiger partial charge >= 0.3 is 0 Å². The smallest absolute Gasteiger partial charge is 0.169 e. The summed E-state index contributed by atoms with van der Waals surface area (Å²) >= 11 is 0. The molecule has 1 heterocycles. The van der Waals surface area contributed by atoms with Gasteiger partial charge in [-0.05, 0) is 37.9 Å². The highest BCUT2D eigenvalue weighted by Gasteiger charge is 2.20. The molecule has 0 spiro atoms. The minimum Gasteiger partial charge on any atom is -0.494 e. The van der Waals surface area contributed by atoms with Gasteiger partial charge in [-0.3, -0.25) is 4.90 Å². The Morgan fingerprint density at radius 1 is 1.39 bits per heavy atom. The second-order valence-corrected chi connectivity index (χ2v) is 4.84. The van der Waals surface area contributed by atoms with Gasteiger partial charge in [-0.25, -0.2) is 4.39 Å². The number of halogens is 1. The first kappa shape index (κ1) is 13.3. The average molecular weight is 253 g/mol. The molecular formula is C14H20FNO2. The fourth-order valence-corrected chi connectivity index (χ4v) is 2.40. The van der Waals surface area contributed by atoms with E-state index in [-0.39, 0.29) is 12.4 Å². The van der Waals surface area contributed by atoms with Crippen molar-refractivity contribution in [2.24, 2.45) is 5.92 Å². The molecule has 1 aliphatic heterocycles. The molecular weight excluding hydrogens is 233 g/mol. The number of piperidine rings is 1. The lowest BCUT2D eigenvalue weighted by Gasteiger charge is -2.31. The number of methoxy groups -OCH3 is 1. The Balaban J connectivity index is 1.98. The van der Waals surface area contributed by atoms with E-state index in [2.05, 4.69) is 4.90 Å². The van der Waals surface area contributed by atoms with Crippen LogP contribution in [0.25, 0.3) is 0 Å². The van der Waals surface area contributed by atoms with Crippen molar-refractivity contribution in [3.05, 3.63) is 29.6 Å². The Hall–Kier alpha value is -1.13. The van der Waals surface area contributed by atoms with Gasteiger partial charge in [0.2, 0.25) is 0 Å². The molecule has 0 atom stereocenters. The highest BCUT2D eigenvalue weighted by molar-refractivity contribution is 5.31. The van der Waals surface area contributed by atoms with Crippen molar-refractivity contribution in [3.63, 3.8) is 0 Å². The molecule has 1 N–H and O–H groups in total. The van der Waals surface area contributed by atoms with Crippen LogP contribution in [0, 0.1) is 11.7 Å². The SMILES string of the molecule is COc1cccc(CN2CCC(CO)CC2)c1F. The van der Waals surface area contributed by atoms with E-state index in [1.807, 2.05) is 6.07 Å². The van der Waals surface area contributed by atoms with Gasteiger partial charge < -0.3 is 9.84 Å². The summed E-state index contributed by atoms with van der Waals surface area (Å²) in [5.41, 5.74) is 0.678. The van der Waals surface area contributed by atoms with Crippen LogP contribution in [0.4, 0.5) is 4.39 Å². The molecule has 1 aliphatic rings. The number of benzene rings is 1. The Kier molecular flexibility index (Phi) is 4.55. The van der Waals surface area contributed by atoms with Gasteiger partial charge in [-0.2, -0.15) is 0 Å². The summed E-state index contributed by atoms with van der Waals surface area (Å²) in [6.07, 6.45) is 1.98. The van der Waals surface area contributed by atoms with Gasteiger partial charge in [-0.1, -0.05) is 12.1 Å². The van der Waals surface area contributed by atoms with E-state index in [1.165, 1.54) is 7.11 Å². The zero-order valence-corrected chi connectivity index (χ0v) is 10.7. The van der Waals surface area contributed by atoms with Crippen molar-refractivity contribution in [1.29, 1.82) is 0 Å². The van der Waals surface area contributed by atoms with Crippen molar-refractivity contribution >= 4 is 0 Å². The van der Waals surface area contributed by atoms with Crippen LogP contribution in [0.1, 0.15) is 18.4 Å². The first-order valence-corrected chi connectivity index (χ1v) is 6.39. The molecule has 2 rings (SSSR count). The quantitative estimate of drug-likeness (QED) is 0.891. The molecule has 1 aromatic rings. The van der Waals surface area contributed by atoms with E-state index in [0.717, 1.165) is 25.9 Å². The lowest BCUT2D eigenvalue weighted by Crippen LogP contribution is -2.34. The summed E-state index contributed by atoms with van der Waals surface area (Å²) in [7, 11) is 1.48. The average Bonchev–Trinajstić information content (AvgIpc) is 2.42. The molecule has 0 aromatic heterocycles. The fourth-order valence-electron chi connectivity index (χ4n) is 2.40. The molecule has 1 aromatic carbocycles. The summed E-state index contributed by atoms with van der Waals surface area (Å²) in [5, 5.41) is 9.08. The van der Waals surface area contributed by atoms with Crippen LogP contribution in [0.3, 0.4) is 0 Å². The predicted molar refractivity (Wildman–Crippen MR) is 68.0 cm³/mol. The maximum absolute atomic E-state index is 14.0. The van der Waals surface area contributed by atoms with Crippen LogP contribution < -0.4 is 4.74 Å². The molecule has 1 saturated heterocycles. The van der Waals surface area contributed by atoms with E-state index in [9.17, 15) is 4.39 Å². The minimum atomic E-state index is -0.260. The largest absolute Gasteiger partial charge is 0.494 e. The predicted octanol–water partition coefficient (Wildman–Crippen LogP) is 2.04. The Morgan fingerprint density at radius 3 is 2.72 bits per heavy atom. The minimum absolute atomic E-state index is 0.260. The monoisotopic (exact) mass is 253 g/mol. The normalized spacial score (nSPS) is 17.9. The van der Waals surface area contributed by atoms with E-state index in [4.69, 9.17) is 9.84 Å². The number of nitrogens with zero attached hydrogens (tertiary/aromatic N) is 1. The number of ether oxygens (including phenoxy) is 1. The first-order valence-electron chi connectivity index (χ1n) is 6.39. The van der Waals surface area contributed by atoms with Crippen molar-refractivity contribution in [2.45, 2.75) is 19.4 Å². The standard InChI is InChI=1S/C14H20FNO2/c1-18-13-4-2-3-12(14(13)15)9-16-7-5-11(10-17)6-8-16/h2-4,11,17H,5-10H2,1H3. The summed E-state index contributed by atoms with van der Waals surface area (Å²) in [6, 6.07) is 5.25. The second-order valence-electron chi connectivity index (χ2n) is 4.84. The number of hydrogen-bond acceptors (Lipinski definition) is 3. The maximum atomic E-state index is 14.0. The number of likely N-dealkylation sites (tertiary alicyclic amines) is 1. The molecule has 0 bridgehead atoms. The molecule has 3 nitrogen and oxygen atoms in total. The third-order valence-electron chi connectivity index (χ3n) is 3.62. The van der Waals surface area contributed by atoms with Crippen molar-refractivity contribution < 1.29 is 14.2 Å². The lowest BCUT2D eigenvalue weighted by molar-refractivity contribution is 0.126. The molecule has 0 radical (unpaired) electrons. The third-order valence-corrected chi connectivity index (χ3v) is 3.62. The summed E-state index contributed by atoms with van der Waals surface area (Å²) in [4.78, 5) is 2.23. The van der Waals surface area contributed by atoms with Gasteiger partial charge in [0.25, 0.3) is 0 Å². The van der Waals surface area contributed by atoms with Crippen molar-refractivity contribution in [2.75, 3.05) is 26.8 Å². The van der Waals surface area contributed by atoms with Crippen LogP contribution in [-0.4, -0.2) is 36.8 Å². The van der Waals surface area contributed by atoms with Crippen LogP contribution in [0.15, 0.2) is 18.2 Å². The summed E-state index contributed by atoms with van der Waals surface area (Å²) in [6.45, 7) is 2.71. The van der Waals surface area contributed by atoms with Crippen molar-refractivity contribution in [1.82, 2.24) is 4.90 Å². The fraction of sp³-hybridized carbons (Fsp3) is 0.571. The highest BCUT2D eigenvalue weighted by atomic mass is 19.1. The van der Waals surface area contributed by atoms with Crippen LogP contribution in [-0.2, 0) is 6.54 Å². The third kappa shape index (κ3) is 3.00. The Labute approximate surface area is 107 Å². The number of aliphatic hydroxyl groups excluding tert-OH is 1. The van der Waals surface area contributed by atoms with Crippen LogP contribution in [0.2, 0.25) is 0 Å². The van der Waals surface area contributed by atoms with E-state index in [1.54, 1.807) is 12.1 Å². The maximum Gasteiger partial charge on any atom is 0.169 e.